The van der Waals surface area contributed by atoms with Gasteiger partial charge in [0.05, 0.1) is 23.3 Å². The van der Waals surface area contributed by atoms with Crippen LogP contribution in [0.2, 0.25) is 0 Å². The molecular formula is C18H22N2O4S. The van der Waals surface area contributed by atoms with Crippen molar-refractivity contribution < 1.29 is 19.4 Å². The summed E-state index contributed by atoms with van der Waals surface area (Å²) in [6.45, 7) is 1.34. The number of carbonyl (C=O) groups excluding carboxylic acids is 1. The summed E-state index contributed by atoms with van der Waals surface area (Å²) in [5.41, 5.74) is 1.65. The van der Waals surface area contributed by atoms with Crippen molar-refractivity contribution in [1.29, 1.82) is 5.26 Å². The first-order valence-electron chi connectivity index (χ1n) is 8.24. The fraction of sp³-hybridized carbons (Fsp3) is 0.500. The number of rotatable bonds is 8. The van der Waals surface area contributed by atoms with Gasteiger partial charge in [0.25, 0.3) is 0 Å². The lowest BCUT2D eigenvalue weighted by atomic mass is 9.86. The molecule has 6 nitrogen and oxygen atoms in total. The number of nitrogens with zero attached hydrogens (tertiary/aromatic N) is 1. The van der Waals surface area contributed by atoms with Crippen LogP contribution in [-0.2, 0) is 20.1 Å². The molecule has 0 spiro atoms. The van der Waals surface area contributed by atoms with Gasteiger partial charge in [0.15, 0.2) is 0 Å². The molecule has 134 valence electrons. The molecule has 25 heavy (non-hydrogen) atoms. The summed E-state index contributed by atoms with van der Waals surface area (Å²) in [6, 6.07) is 9.31. The topological polar surface area (TPSA) is 99.4 Å². The Morgan fingerprint density at radius 3 is 2.60 bits per heavy atom. The highest BCUT2D eigenvalue weighted by Gasteiger charge is 2.29. The summed E-state index contributed by atoms with van der Waals surface area (Å²) >= 11 is 1.46. The number of carboxylic acids is 1. The molecule has 2 rings (SSSR count). The lowest BCUT2D eigenvalue weighted by Crippen LogP contribution is -2.39. The second kappa shape index (κ2) is 10.1. The molecule has 0 bridgehead atoms. The lowest BCUT2D eigenvalue weighted by Gasteiger charge is -2.27. The first kappa shape index (κ1) is 19.3. The third-order valence-corrected chi connectivity index (χ3v) is 5.26. The summed E-state index contributed by atoms with van der Waals surface area (Å²) in [6.07, 6.45) is 1.44. The molecule has 0 aliphatic carbocycles. The number of carbonyl (C=O) groups is 2. The predicted molar refractivity (Wildman–Crippen MR) is 95.0 cm³/mol. The maximum atomic E-state index is 12.0. The van der Waals surface area contributed by atoms with Crippen molar-refractivity contribution in [2.24, 2.45) is 11.8 Å². The number of nitriles is 1. The molecule has 1 aliphatic heterocycles. The van der Waals surface area contributed by atoms with Crippen LogP contribution in [0.4, 0.5) is 0 Å². The molecule has 0 aromatic heterocycles. The number of hydrogen-bond acceptors (Lipinski definition) is 5. The van der Waals surface area contributed by atoms with Crippen LogP contribution >= 0.6 is 11.8 Å². The van der Waals surface area contributed by atoms with E-state index in [1.807, 2.05) is 12.1 Å². The van der Waals surface area contributed by atoms with Gasteiger partial charge in [-0.3, -0.25) is 9.59 Å². The summed E-state index contributed by atoms with van der Waals surface area (Å²) in [4.78, 5) is 23.4. The van der Waals surface area contributed by atoms with E-state index in [-0.39, 0.29) is 24.1 Å². The third kappa shape index (κ3) is 6.40. The number of hydrogen-bond donors (Lipinski definition) is 2. The van der Waals surface area contributed by atoms with Crippen LogP contribution in [0, 0.1) is 23.2 Å². The van der Waals surface area contributed by atoms with Gasteiger partial charge >= 0.3 is 5.97 Å². The maximum absolute atomic E-state index is 12.0. The number of nitrogens with one attached hydrogen (secondary N) is 1. The van der Waals surface area contributed by atoms with Gasteiger partial charge < -0.3 is 15.2 Å². The maximum Gasteiger partial charge on any atom is 0.308 e. The van der Waals surface area contributed by atoms with Gasteiger partial charge in [0.1, 0.15) is 0 Å². The van der Waals surface area contributed by atoms with Gasteiger partial charge in [-0.15, -0.1) is 11.8 Å². The molecule has 1 amide bonds. The molecule has 1 unspecified atom stereocenters. The highest BCUT2D eigenvalue weighted by molar-refractivity contribution is 7.99. The van der Waals surface area contributed by atoms with Crippen LogP contribution in [-0.4, -0.2) is 42.5 Å². The average molecular weight is 362 g/mol. The van der Waals surface area contributed by atoms with Crippen LogP contribution in [0.15, 0.2) is 24.3 Å². The Morgan fingerprint density at radius 1 is 1.32 bits per heavy atom. The minimum Gasteiger partial charge on any atom is -0.481 e. The number of aliphatic carboxylic acids is 1. The molecule has 1 heterocycles. The molecule has 0 radical (unpaired) electrons. The van der Waals surface area contributed by atoms with Crippen molar-refractivity contribution in [3.63, 3.8) is 0 Å². The second-order valence-electron chi connectivity index (χ2n) is 6.00. The van der Waals surface area contributed by atoms with Gasteiger partial charge in [-0.2, -0.15) is 5.26 Å². The monoisotopic (exact) mass is 362 g/mol. The van der Waals surface area contributed by atoms with Crippen molar-refractivity contribution in [3.8, 4) is 6.07 Å². The summed E-state index contributed by atoms with van der Waals surface area (Å²) in [7, 11) is 0. The van der Waals surface area contributed by atoms with Crippen LogP contribution in [0.1, 0.15) is 24.0 Å². The normalized spacial score (nSPS) is 16.0. The van der Waals surface area contributed by atoms with Gasteiger partial charge in [-0.25, -0.2) is 0 Å². The van der Waals surface area contributed by atoms with E-state index >= 15 is 0 Å². The largest absolute Gasteiger partial charge is 0.481 e. The molecule has 0 saturated carbocycles. The lowest BCUT2D eigenvalue weighted by molar-refractivity contribution is -0.144. The van der Waals surface area contributed by atoms with Crippen LogP contribution in [0.25, 0.3) is 0 Å². The molecule has 1 atom stereocenters. The average Bonchev–Trinajstić information content (AvgIpc) is 2.63. The van der Waals surface area contributed by atoms with E-state index in [2.05, 4.69) is 11.4 Å². The minimum atomic E-state index is -0.863. The zero-order valence-electron chi connectivity index (χ0n) is 13.9. The second-order valence-corrected chi connectivity index (χ2v) is 6.99. The number of benzene rings is 1. The van der Waals surface area contributed by atoms with Gasteiger partial charge in [0, 0.05) is 25.5 Å². The number of amides is 1. The van der Waals surface area contributed by atoms with Crippen LogP contribution in [0.5, 0.6) is 0 Å². The highest BCUT2D eigenvalue weighted by atomic mass is 32.2. The first-order valence-corrected chi connectivity index (χ1v) is 9.39. The van der Waals surface area contributed by atoms with Gasteiger partial charge in [0.2, 0.25) is 5.91 Å². The Bertz CT molecular complexity index is 621. The fourth-order valence-corrected chi connectivity index (χ4v) is 3.60. The van der Waals surface area contributed by atoms with Gasteiger partial charge in [-0.05, 0) is 36.5 Å². The van der Waals surface area contributed by atoms with Crippen molar-refractivity contribution >= 4 is 23.6 Å². The van der Waals surface area contributed by atoms with E-state index in [1.165, 1.54) is 11.8 Å². The summed E-state index contributed by atoms with van der Waals surface area (Å²) < 4.78 is 5.26. The van der Waals surface area contributed by atoms with E-state index in [4.69, 9.17) is 10.00 Å². The molecule has 7 heteroatoms. The predicted octanol–water partition coefficient (Wildman–Crippen LogP) is 2.04. The number of thioether (sulfide) groups is 1. The minimum absolute atomic E-state index is 0.0536. The smallest absolute Gasteiger partial charge is 0.308 e. The standard InChI is InChI=1S/C18H22N2O4S/c19-9-13-1-3-14(4-2-13)11-25-12-17(21)20-10-16(18(22)23)15-5-7-24-8-6-15/h1-4,15-16H,5-8,10-12H2,(H,20,21)(H,22,23). The zero-order chi connectivity index (χ0) is 18.1. The number of ether oxygens (including phenoxy) is 1. The Balaban J connectivity index is 1.71. The summed E-state index contributed by atoms with van der Waals surface area (Å²) in [5.74, 6) is -0.578. The highest BCUT2D eigenvalue weighted by Crippen LogP contribution is 2.23. The van der Waals surface area contributed by atoms with E-state index < -0.39 is 11.9 Å². The molecule has 1 aromatic rings. The third-order valence-electron chi connectivity index (χ3n) is 4.26. The fourth-order valence-electron chi connectivity index (χ4n) is 2.79. The Morgan fingerprint density at radius 2 is 2.00 bits per heavy atom. The van der Waals surface area contributed by atoms with E-state index in [0.29, 0.717) is 24.5 Å². The Kier molecular flexibility index (Phi) is 7.76. The van der Waals surface area contributed by atoms with E-state index in [1.54, 1.807) is 12.1 Å². The van der Waals surface area contributed by atoms with Gasteiger partial charge in [-0.1, -0.05) is 12.1 Å². The van der Waals surface area contributed by atoms with Crippen molar-refractivity contribution in [2.45, 2.75) is 18.6 Å². The van der Waals surface area contributed by atoms with Crippen LogP contribution < -0.4 is 5.32 Å². The molecule has 1 fully saturated rings. The van der Waals surface area contributed by atoms with E-state index in [9.17, 15) is 14.7 Å². The molecule has 1 saturated heterocycles. The first-order chi connectivity index (χ1) is 12.1. The van der Waals surface area contributed by atoms with Crippen molar-refractivity contribution in [3.05, 3.63) is 35.4 Å². The van der Waals surface area contributed by atoms with E-state index in [0.717, 1.165) is 18.4 Å². The van der Waals surface area contributed by atoms with Crippen molar-refractivity contribution in [1.82, 2.24) is 5.32 Å². The Hall–Kier alpha value is -2.04. The molecule has 1 aliphatic rings. The zero-order valence-corrected chi connectivity index (χ0v) is 14.8. The molecule has 2 N–H and O–H groups in total. The quantitative estimate of drug-likeness (QED) is 0.734. The number of carboxylic acid groups (broad SMARTS) is 1. The Labute approximate surface area is 151 Å². The SMILES string of the molecule is N#Cc1ccc(CSCC(=O)NCC(C(=O)O)C2CCOCC2)cc1. The van der Waals surface area contributed by atoms with Crippen molar-refractivity contribution in [2.75, 3.05) is 25.5 Å². The van der Waals surface area contributed by atoms with Crippen LogP contribution in [0.3, 0.4) is 0 Å². The molecular weight excluding hydrogens is 340 g/mol. The summed E-state index contributed by atoms with van der Waals surface area (Å²) in [5, 5.41) is 20.9. The molecule has 1 aromatic carbocycles.